The van der Waals surface area contributed by atoms with Gasteiger partial charge in [0.05, 0.1) is 47.8 Å². The van der Waals surface area contributed by atoms with Crippen LogP contribution in [0.4, 0.5) is 5.69 Å². The summed E-state index contributed by atoms with van der Waals surface area (Å²) in [6, 6.07) is 14.0. The van der Waals surface area contributed by atoms with Crippen LogP contribution in [0.3, 0.4) is 0 Å². The maximum atomic E-state index is 14.6. The Kier molecular flexibility index (Phi) is 10.9. The van der Waals surface area contributed by atoms with Gasteiger partial charge in [-0.15, -0.1) is 13.2 Å². The molecule has 8 atom stereocenters. The lowest BCUT2D eigenvalue weighted by molar-refractivity contribution is -0.160. The molecule has 12 heteroatoms. The molecule has 47 heavy (non-hydrogen) atoms. The first-order chi connectivity index (χ1) is 22.6. The lowest BCUT2D eigenvalue weighted by atomic mass is 9.70. The molecule has 3 fully saturated rings. The first kappa shape index (κ1) is 34.8. The summed E-state index contributed by atoms with van der Waals surface area (Å²) in [4.78, 5) is 58.1. The van der Waals surface area contributed by atoms with Crippen molar-refractivity contribution in [2.45, 2.75) is 60.9 Å². The van der Waals surface area contributed by atoms with E-state index in [1.165, 1.54) is 9.80 Å². The van der Waals surface area contributed by atoms with Crippen molar-refractivity contribution in [1.82, 2.24) is 10.2 Å². The number of para-hydroxylation sites is 1. The highest BCUT2D eigenvalue weighted by Crippen LogP contribution is 2.61. The Morgan fingerprint density at radius 1 is 1.19 bits per heavy atom. The maximum absolute atomic E-state index is 14.6. The van der Waals surface area contributed by atoms with E-state index in [0.717, 1.165) is 0 Å². The molecule has 3 saturated heterocycles. The first-order valence-corrected chi connectivity index (χ1v) is 16.9. The number of hydrogen-bond acceptors (Lipinski definition) is 7. The summed E-state index contributed by atoms with van der Waals surface area (Å²) in [5.41, 5.74) is -0.287. The molecule has 0 radical (unpaired) electrons. The number of esters is 1. The molecule has 10 nitrogen and oxygen atoms in total. The number of anilines is 1. The second-order valence-electron chi connectivity index (χ2n) is 12.1. The number of likely N-dealkylation sites (tertiary alicyclic amines) is 1. The number of rotatable bonds is 14. The number of hydrogen-bond donors (Lipinski definition) is 2. The number of benzene rings is 2. The van der Waals surface area contributed by atoms with Gasteiger partial charge >= 0.3 is 5.97 Å². The Labute approximate surface area is 287 Å². The van der Waals surface area contributed by atoms with Crippen LogP contribution in [0.2, 0.25) is 5.02 Å². The SMILES string of the molecule is C=CCCC(=O)NC[C@@H](OC(=O)[C@H]1[C@@H]2O[C@@]3(CC2Br)[C@@H]1C(=O)N([C@H](C)CO)[C@@H]3C(=O)N(CC=C)c1ccccc1Cl)c1ccccc1. The number of carbonyl (C=O) groups is 4. The van der Waals surface area contributed by atoms with E-state index in [1.54, 1.807) is 67.6 Å². The fourth-order valence-electron chi connectivity index (χ4n) is 7.07. The van der Waals surface area contributed by atoms with Crippen LogP contribution < -0.4 is 10.2 Å². The number of aliphatic hydroxyl groups is 1. The van der Waals surface area contributed by atoms with Gasteiger partial charge in [-0.05, 0) is 37.5 Å². The van der Waals surface area contributed by atoms with Gasteiger partial charge in [-0.25, -0.2) is 0 Å². The van der Waals surface area contributed by atoms with E-state index in [-0.39, 0.29) is 36.7 Å². The molecule has 250 valence electrons. The van der Waals surface area contributed by atoms with Gasteiger partial charge in [0.25, 0.3) is 5.91 Å². The molecule has 0 aliphatic carbocycles. The third-order valence-corrected chi connectivity index (χ3v) is 10.3. The van der Waals surface area contributed by atoms with Gasteiger partial charge in [0, 0.05) is 17.8 Å². The third kappa shape index (κ3) is 6.50. The number of amides is 3. The van der Waals surface area contributed by atoms with Crippen molar-refractivity contribution in [2.24, 2.45) is 11.8 Å². The quantitative estimate of drug-likeness (QED) is 0.168. The molecule has 1 spiro atoms. The molecule has 3 amide bonds. The monoisotopic (exact) mass is 727 g/mol. The number of fused-ring (bicyclic) bond motifs is 1. The Morgan fingerprint density at radius 2 is 1.89 bits per heavy atom. The van der Waals surface area contributed by atoms with Crippen molar-refractivity contribution in [3.63, 3.8) is 0 Å². The number of aliphatic hydroxyl groups excluding tert-OH is 1. The van der Waals surface area contributed by atoms with E-state index >= 15 is 0 Å². The van der Waals surface area contributed by atoms with E-state index in [0.29, 0.717) is 22.7 Å². The Hall–Kier alpha value is -3.51. The van der Waals surface area contributed by atoms with Gasteiger partial charge in [0.2, 0.25) is 11.8 Å². The molecule has 0 aromatic heterocycles. The van der Waals surface area contributed by atoms with Gasteiger partial charge in [-0.2, -0.15) is 0 Å². The van der Waals surface area contributed by atoms with Crippen molar-refractivity contribution < 1.29 is 33.8 Å². The molecular formula is C35H39BrClN3O7. The van der Waals surface area contributed by atoms with E-state index in [2.05, 4.69) is 34.4 Å². The van der Waals surface area contributed by atoms with Crippen molar-refractivity contribution in [2.75, 3.05) is 24.6 Å². The Bertz CT molecular complexity index is 1530. The van der Waals surface area contributed by atoms with E-state index in [9.17, 15) is 24.3 Å². The predicted octanol–water partition coefficient (Wildman–Crippen LogP) is 4.35. The Balaban J connectivity index is 1.50. The van der Waals surface area contributed by atoms with Crippen molar-refractivity contribution in [3.8, 4) is 0 Å². The molecule has 0 saturated carbocycles. The average molecular weight is 729 g/mol. The van der Waals surface area contributed by atoms with Crippen LogP contribution in [0.25, 0.3) is 0 Å². The normalized spacial score (nSPS) is 27.1. The minimum atomic E-state index is -1.39. The van der Waals surface area contributed by atoms with Gasteiger partial charge in [0.15, 0.2) is 0 Å². The molecule has 1 unspecified atom stereocenters. The summed E-state index contributed by atoms with van der Waals surface area (Å²) in [6.45, 7) is 8.82. The lowest BCUT2D eigenvalue weighted by Crippen LogP contribution is -2.58. The Morgan fingerprint density at radius 3 is 2.55 bits per heavy atom. The number of ether oxygens (including phenoxy) is 2. The minimum absolute atomic E-state index is 0.0224. The summed E-state index contributed by atoms with van der Waals surface area (Å²) < 4.78 is 12.7. The van der Waals surface area contributed by atoms with Crippen molar-refractivity contribution in [3.05, 3.63) is 90.5 Å². The van der Waals surface area contributed by atoms with Crippen LogP contribution in [0.5, 0.6) is 0 Å². The van der Waals surface area contributed by atoms with Crippen LogP contribution >= 0.6 is 27.5 Å². The van der Waals surface area contributed by atoms with Crippen LogP contribution in [0.1, 0.15) is 37.9 Å². The topological polar surface area (TPSA) is 125 Å². The number of allylic oxidation sites excluding steroid dienone is 1. The molecule has 2 bridgehead atoms. The van der Waals surface area contributed by atoms with Crippen LogP contribution in [0, 0.1) is 11.8 Å². The van der Waals surface area contributed by atoms with E-state index in [4.69, 9.17) is 21.1 Å². The standard InChI is InChI=1S/C35H39BrClN3O7/c1-4-6-16-27(42)38-19-26(22-12-8-7-9-13-22)46-34(45)28-29-32(43)40(21(3)20-41)31(35(29)18-23(36)30(28)47-35)33(44)39(17-5-2)25-15-11-10-14-24(25)37/h4-5,7-15,21,23,26,28-31,41H,1-2,6,16-20H2,3H3,(H,38,42)/t21-,23?,26-,28-,29+,30-,31-,35+/m1/s1. The third-order valence-electron chi connectivity index (χ3n) is 9.18. The highest BCUT2D eigenvalue weighted by Gasteiger charge is 2.77. The molecule has 2 aromatic carbocycles. The summed E-state index contributed by atoms with van der Waals surface area (Å²) in [6.07, 6.45) is 2.63. The zero-order chi connectivity index (χ0) is 33.9. The molecule has 5 rings (SSSR count). The largest absolute Gasteiger partial charge is 0.455 e. The molecule has 2 aromatic rings. The van der Waals surface area contributed by atoms with Gasteiger partial charge < -0.3 is 29.7 Å². The van der Waals surface area contributed by atoms with Gasteiger partial charge in [-0.3, -0.25) is 19.2 Å². The summed E-state index contributed by atoms with van der Waals surface area (Å²) >= 11 is 10.2. The lowest BCUT2D eigenvalue weighted by Gasteiger charge is -2.38. The van der Waals surface area contributed by atoms with Gasteiger partial charge in [0.1, 0.15) is 17.7 Å². The van der Waals surface area contributed by atoms with E-state index < -0.39 is 66.1 Å². The van der Waals surface area contributed by atoms with Crippen molar-refractivity contribution >= 4 is 56.9 Å². The molecule has 3 aliphatic heterocycles. The number of alkyl halides is 1. The summed E-state index contributed by atoms with van der Waals surface area (Å²) in [5, 5.41) is 13.4. The minimum Gasteiger partial charge on any atom is -0.455 e. The zero-order valence-corrected chi connectivity index (χ0v) is 28.4. The van der Waals surface area contributed by atoms with Crippen molar-refractivity contribution in [1.29, 1.82) is 0 Å². The summed E-state index contributed by atoms with van der Waals surface area (Å²) in [5.74, 6) is -3.93. The number of nitrogens with one attached hydrogen (secondary N) is 1. The number of nitrogens with zero attached hydrogens (tertiary/aromatic N) is 2. The van der Waals surface area contributed by atoms with Gasteiger partial charge in [-0.1, -0.05) is 82.1 Å². The second-order valence-corrected chi connectivity index (χ2v) is 13.7. The van der Waals surface area contributed by atoms with Crippen LogP contribution in [0.15, 0.2) is 79.9 Å². The molecule has 3 heterocycles. The highest BCUT2D eigenvalue weighted by atomic mass is 79.9. The zero-order valence-electron chi connectivity index (χ0n) is 26.1. The molecular weight excluding hydrogens is 690 g/mol. The van der Waals surface area contributed by atoms with E-state index in [1.807, 2.05) is 6.07 Å². The summed E-state index contributed by atoms with van der Waals surface area (Å²) in [7, 11) is 0. The average Bonchev–Trinajstić information content (AvgIpc) is 3.67. The predicted molar refractivity (Wildman–Crippen MR) is 181 cm³/mol. The number of carbonyl (C=O) groups excluding carboxylic acids is 4. The molecule has 3 aliphatic rings. The first-order valence-electron chi connectivity index (χ1n) is 15.6. The second kappa shape index (κ2) is 14.7. The smallest absolute Gasteiger partial charge is 0.313 e. The molecule has 2 N–H and O–H groups in total. The fraction of sp³-hybridized carbons (Fsp3) is 0.429. The van der Waals surface area contributed by atoms with Crippen LogP contribution in [-0.2, 0) is 28.7 Å². The maximum Gasteiger partial charge on any atom is 0.313 e. The highest BCUT2D eigenvalue weighted by molar-refractivity contribution is 9.09. The fourth-order valence-corrected chi connectivity index (χ4v) is 8.26. The van der Waals surface area contributed by atoms with Crippen LogP contribution in [-0.4, -0.2) is 82.0 Å². The number of halogens is 2.